The zero-order valence-electron chi connectivity index (χ0n) is 27.6. The summed E-state index contributed by atoms with van der Waals surface area (Å²) in [7, 11) is -3.25. The van der Waals surface area contributed by atoms with Gasteiger partial charge in [0.25, 0.3) is 0 Å². The first-order valence-corrected chi connectivity index (χ1v) is 19.0. The van der Waals surface area contributed by atoms with E-state index in [2.05, 4.69) is 139 Å². The molecule has 2 aliphatic rings. The highest BCUT2D eigenvalue weighted by Crippen LogP contribution is 2.57. The second-order valence-electron chi connectivity index (χ2n) is 13.3. The number of benzene rings is 7. The van der Waals surface area contributed by atoms with Crippen molar-refractivity contribution in [3.05, 3.63) is 198 Å². The van der Waals surface area contributed by atoms with Crippen LogP contribution in [0.5, 0.6) is 0 Å². The Hall–Kier alpha value is -5.76. The van der Waals surface area contributed by atoms with Crippen molar-refractivity contribution in [3.63, 3.8) is 0 Å². The van der Waals surface area contributed by atoms with Crippen LogP contribution in [0.15, 0.2) is 170 Å². The molecule has 4 heteroatoms. The van der Waals surface area contributed by atoms with Crippen LogP contribution < -0.4 is 15.9 Å². The SMILES string of the molecule is CCc1nc2cccc3c2n1-c1c(-c2ccc4c(c2)C(c2ccccc2)(c2ccccc2)c2ccccc2-4)cccc1P3(=O)c1ccccc1. The topological polar surface area (TPSA) is 34.9 Å². The van der Waals surface area contributed by atoms with E-state index in [1.807, 2.05) is 42.5 Å². The molecule has 50 heavy (non-hydrogen) atoms. The van der Waals surface area contributed by atoms with Gasteiger partial charge in [0.05, 0.1) is 22.1 Å². The minimum Gasteiger partial charge on any atom is -0.308 e. The minimum atomic E-state index is -3.25. The summed E-state index contributed by atoms with van der Waals surface area (Å²) in [4.78, 5) is 5.12. The van der Waals surface area contributed by atoms with E-state index < -0.39 is 12.6 Å². The normalized spacial score (nSPS) is 16.5. The van der Waals surface area contributed by atoms with E-state index in [1.165, 1.54) is 33.4 Å². The molecule has 0 radical (unpaired) electrons. The first-order chi connectivity index (χ1) is 24.7. The van der Waals surface area contributed by atoms with Gasteiger partial charge in [-0.3, -0.25) is 4.57 Å². The van der Waals surface area contributed by atoms with Gasteiger partial charge in [-0.15, -0.1) is 0 Å². The molecule has 8 aromatic rings. The summed E-state index contributed by atoms with van der Waals surface area (Å²) in [6.07, 6.45) is 0.752. The third-order valence-corrected chi connectivity index (χ3v) is 14.0. The van der Waals surface area contributed by atoms with E-state index in [0.717, 1.165) is 56.0 Å². The lowest BCUT2D eigenvalue weighted by Gasteiger charge is -2.34. The summed E-state index contributed by atoms with van der Waals surface area (Å²) in [5.74, 6) is 0.969. The smallest absolute Gasteiger partial charge is 0.175 e. The molecule has 0 spiro atoms. The van der Waals surface area contributed by atoms with Crippen molar-refractivity contribution < 1.29 is 4.57 Å². The molecule has 1 unspecified atom stereocenters. The fourth-order valence-electron chi connectivity index (χ4n) is 8.80. The molecular weight excluding hydrogens is 627 g/mol. The summed E-state index contributed by atoms with van der Waals surface area (Å²) in [5, 5.41) is 2.55. The van der Waals surface area contributed by atoms with Gasteiger partial charge in [-0.1, -0.05) is 153 Å². The number of aryl methyl sites for hydroxylation is 1. The molecule has 1 atom stereocenters. The van der Waals surface area contributed by atoms with E-state index in [1.54, 1.807) is 0 Å². The maximum atomic E-state index is 15.9. The van der Waals surface area contributed by atoms with E-state index in [0.29, 0.717) is 0 Å². The number of aromatic nitrogens is 2. The third-order valence-electron chi connectivity index (χ3n) is 10.8. The fraction of sp³-hybridized carbons (Fsp3) is 0.0652. The summed E-state index contributed by atoms with van der Waals surface area (Å²) in [5.41, 5.74) is 11.9. The van der Waals surface area contributed by atoms with Gasteiger partial charge in [0.2, 0.25) is 0 Å². The van der Waals surface area contributed by atoms with Crippen molar-refractivity contribution in [1.29, 1.82) is 0 Å². The van der Waals surface area contributed by atoms with E-state index in [9.17, 15) is 0 Å². The Morgan fingerprint density at radius 2 is 1.18 bits per heavy atom. The van der Waals surface area contributed by atoms with Crippen LogP contribution in [0.1, 0.15) is 35.0 Å². The number of para-hydroxylation sites is 2. The molecule has 3 nitrogen and oxygen atoms in total. The summed E-state index contributed by atoms with van der Waals surface area (Å²) in [6.45, 7) is 2.15. The van der Waals surface area contributed by atoms with Crippen molar-refractivity contribution in [3.8, 4) is 27.9 Å². The lowest BCUT2D eigenvalue weighted by Crippen LogP contribution is -2.33. The first kappa shape index (κ1) is 29.2. The molecule has 0 saturated carbocycles. The quantitative estimate of drug-likeness (QED) is 0.172. The molecule has 238 valence electrons. The van der Waals surface area contributed by atoms with Crippen molar-refractivity contribution >= 4 is 34.1 Å². The predicted molar refractivity (Wildman–Crippen MR) is 206 cm³/mol. The van der Waals surface area contributed by atoms with Crippen LogP contribution in [0, 0.1) is 0 Å². The molecule has 0 bridgehead atoms. The number of hydrogen-bond acceptors (Lipinski definition) is 2. The molecule has 0 amide bonds. The monoisotopic (exact) mass is 660 g/mol. The predicted octanol–water partition coefficient (Wildman–Crippen LogP) is 9.57. The van der Waals surface area contributed by atoms with Crippen LogP contribution in [-0.2, 0) is 16.4 Å². The maximum absolute atomic E-state index is 15.9. The molecule has 10 rings (SSSR count). The van der Waals surface area contributed by atoms with Crippen molar-refractivity contribution in [1.82, 2.24) is 9.55 Å². The molecule has 2 heterocycles. The van der Waals surface area contributed by atoms with Gasteiger partial charge in [-0.25, -0.2) is 4.98 Å². The Bertz CT molecular complexity index is 2620. The second kappa shape index (κ2) is 10.9. The standard InChI is InChI=1S/C46H33N2OP/c1-2-43-47-40-25-15-27-42-45(40)48(43)44-35(23-14-26-41(44)50(42,49)34-20-10-5-11-21-34)31-28-29-37-36-22-12-13-24-38(36)46(39(37)30-31,32-16-6-3-7-17-32)33-18-8-4-9-19-33/h3-30H,2H2,1H3. The highest BCUT2D eigenvalue weighted by atomic mass is 31.2. The van der Waals surface area contributed by atoms with Crippen LogP contribution >= 0.6 is 7.14 Å². The van der Waals surface area contributed by atoms with Crippen LogP contribution in [-0.4, -0.2) is 9.55 Å². The van der Waals surface area contributed by atoms with Crippen LogP contribution in [0.2, 0.25) is 0 Å². The average molecular weight is 661 g/mol. The van der Waals surface area contributed by atoms with Gasteiger partial charge >= 0.3 is 0 Å². The zero-order valence-corrected chi connectivity index (χ0v) is 28.5. The Morgan fingerprint density at radius 1 is 0.580 bits per heavy atom. The lowest BCUT2D eigenvalue weighted by atomic mass is 9.67. The Morgan fingerprint density at radius 3 is 1.90 bits per heavy atom. The molecule has 0 saturated heterocycles. The van der Waals surface area contributed by atoms with Gasteiger partial charge in [-0.05, 0) is 63.2 Å². The largest absolute Gasteiger partial charge is 0.308 e. The second-order valence-corrected chi connectivity index (χ2v) is 16.0. The summed E-state index contributed by atoms with van der Waals surface area (Å²) >= 11 is 0. The number of rotatable bonds is 5. The molecule has 1 aromatic heterocycles. The van der Waals surface area contributed by atoms with Crippen LogP contribution in [0.3, 0.4) is 0 Å². The van der Waals surface area contributed by atoms with Gasteiger partial charge in [-0.2, -0.15) is 0 Å². The highest BCUT2D eigenvalue weighted by molar-refractivity contribution is 7.86. The van der Waals surface area contributed by atoms with Crippen molar-refractivity contribution in [2.75, 3.05) is 0 Å². The molecule has 1 aliphatic carbocycles. The van der Waals surface area contributed by atoms with Crippen LogP contribution in [0.4, 0.5) is 0 Å². The summed E-state index contributed by atoms with van der Waals surface area (Å²) < 4.78 is 18.2. The zero-order chi connectivity index (χ0) is 33.5. The number of hydrogen-bond donors (Lipinski definition) is 0. The maximum Gasteiger partial charge on any atom is 0.175 e. The van der Waals surface area contributed by atoms with E-state index in [-0.39, 0.29) is 0 Å². The van der Waals surface area contributed by atoms with Crippen molar-refractivity contribution in [2.45, 2.75) is 18.8 Å². The molecule has 1 aliphatic heterocycles. The fourth-order valence-corrected chi connectivity index (χ4v) is 11.8. The van der Waals surface area contributed by atoms with E-state index in [4.69, 9.17) is 4.98 Å². The minimum absolute atomic E-state index is 0.512. The van der Waals surface area contributed by atoms with Crippen molar-refractivity contribution in [2.24, 2.45) is 0 Å². The third kappa shape index (κ3) is 3.76. The molecule has 0 fully saturated rings. The molecule has 7 aromatic carbocycles. The van der Waals surface area contributed by atoms with Gasteiger partial charge < -0.3 is 4.57 Å². The Labute approximate surface area is 291 Å². The number of fused-ring (bicyclic) bond motifs is 5. The molecular formula is C46H33N2OP. The average Bonchev–Trinajstić information content (AvgIpc) is 3.72. The van der Waals surface area contributed by atoms with Gasteiger partial charge in [0.1, 0.15) is 5.82 Å². The summed E-state index contributed by atoms with van der Waals surface area (Å²) in [6, 6.07) is 60.1. The number of imidazole rings is 1. The Balaban J connectivity index is 1.31. The number of nitrogens with zero attached hydrogens (tertiary/aromatic N) is 2. The van der Waals surface area contributed by atoms with Crippen LogP contribution in [0.25, 0.3) is 39.0 Å². The van der Waals surface area contributed by atoms with Gasteiger partial charge in [0.15, 0.2) is 7.14 Å². The Kier molecular flexibility index (Phi) is 6.35. The lowest BCUT2D eigenvalue weighted by molar-refractivity contribution is 0.592. The van der Waals surface area contributed by atoms with Gasteiger partial charge in [0, 0.05) is 27.9 Å². The first-order valence-electron chi connectivity index (χ1n) is 17.3. The highest BCUT2D eigenvalue weighted by Gasteiger charge is 2.46. The molecule has 0 N–H and O–H groups in total. The van der Waals surface area contributed by atoms with E-state index >= 15 is 4.57 Å².